The first kappa shape index (κ1) is 13.4. The monoisotopic (exact) mass is 200 g/mol. The molecule has 0 rings (SSSR count). The summed E-state index contributed by atoms with van der Waals surface area (Å²) in [7, 11) is 4.08. The molecule has 0 aromatic heterocycles. The topological polar surface area (TPSA) is 32.3 Å². The molecule has 0 radical (unpaired) electrons. The van der Waals surface area contributed by atoms with Gasteiger partial charge in [-0.25, -0.2) is 0 Å². The van der Waals surface area contributed by atoms with Crippen LogP contribution in [0.25, 0.3) is 0 Å². The van der Waals surface area contributed by atoms with Crippen molar-refractivity contribution in [2.24, 2.45) is 5.41 Å². The van der Waals surface area contributed by atoms with Crippen LogP contribution >= 0.6 is 0 Å². The van der Waals surface area contributed by atoms with E-state index in [-0.39, 0.29) is 11.3 Å². The van der Waals surface area contributed by atoms with E-state index in [1.165, 1.54) is 0 Å². The van der Waals surface area contributed by atoms with Gasteiger partial charge in [0.25, 0.3) is 0 Å². The Bertz CT molecular complexity index is 176. The quantitative estimate of drug-likeness (QED) is 0.659. The van der Waals surface area contributed by atoms with Gasteiger partial charge in [0.1, 0.15) is 0 Å². The zero-order valence-corrected chi connectivity index (χ0v) is 10.2. The summed E-state index contributed by atoms with van der Waals surface area (Å²) in [5.74, 6) is 0.166. The van der Waals surface area contributed by atoms with Crippen LogP contribution in [0, 0.1) is 5.41 Å². The summed E-state index contributed by atoms with van der Waals surface area (Å²) in [6.45, 7) is 7.80. The Morgan fingerprint density at radius 3 is 2.36 bits per heavy atom. The van der Waals surface area contributed by atoms with E-state index < -0.39 is 0 Å². The van der Waals surface area contributed by atoms with Gasteiger partial charge in [0.05, 0.1) is 0 Å². The van der Waals surface area contributed by atoms with E-state index in [2.05, 4.69) is 10.2 Å². The van der Waals surface area contributed by atoms with Crippen LogP contribution in [0.5, 0.6) is 0 Å². The van der Waals surface area contributed by atoms with Gasteiger partial charge in [-0.3, -0.25) is 4.79 Å². The van der Waals surface area contributed by atoms with E-state index in [9.17, 15) is 4.79 Å². The summed E-state index contributed by atoms with van der Waals surface area (Å²) >= 11 is 0. The van der Waals surface area contributed by atoms with Crippen LogP contribution in [-0.4, -0.2) is 38.0 Å². The highest BCUT2D eigenvalue weighted by Gasteiger charge is 2.24. The Morgan fingerprint density at radius 2 is 1.93 bits per heavy atom. The first-order valence-corrected chi connectivity index (χ1v) is 5.33. The molecule has 0 aliphatic carbocycles. The molecular formula is C11H24N2O. The fraction of sp³-hybridized carbons (Fsp3) is 0.909. The lowest BCUT2D eigenvalue weighted by Gasteiger charge is -2.21. The van der Waals surface area contributed by atoms with Gasteiger partial charge in [-0.2, -0.15) is 0 Å². The number of amides is 1. The normalized spacial score (nSPS) is 11.9. The SMILES string of the molecule is CCC(C)(C)C(=O)NCCCN(C)C. The predicted octanol–water partition coefficient (Wildman–Crippen LogP) is 1.49. The van der Waals surface area contributed by atoms with Gasteiger partial charge in [-0.05, 0) is 33.5 Å². The first-order chi connectivity index (χ1) is 6.40. The average Bonchev–Trinajstić information content (AvgIpc) is 2.11. The fourth-order valence-corrected chi connectivity index (χ4v) is 0.997. The van der Waals surface area contributed by atoms with Crippen molar-refractivity contribution in [1.82, 2.24) is 10.2 Å². The highest BCUT2D eigenvalue weighted by molar-refractivity contribution is 5.81. The van der Waals surface area contributed by atoms with Crippen LogP contribution < -0.4 is 5.32 Å². The standard InChI is InChI=1S/C11H24N2O/c1-6-11(2,3)10(14)12-8-7-9-13(4)5/h6-9H2,1-5H3,(H,12,14). The van der Waals surface area contributed by atoms with Crippen molar-refractivity contribution < 1.29 is 4.79 Å². The molecule has 3 heteroatoms. The Morgan fingerprint density at radius 1 is 1.36 bits per heavy atom. The van der Waals surface area contributed by atoms with E-state index in [0.717, 1.165) is 25.9 Å². The molecule has 84 valence electrons. The molecule has 1 N–H and O–H groups in total. The molecule has 0 unspecified atom stereocenters. The summed E-state index contributed by atoms with van der Waals surface area (Å²) in [6.07, 6.45) is 1.89. The molecule has 0 spiro atoms. The maximum atomic E-state index is 11.6. The van der Waals surface area contributed by atoms with Crippen molar-refractivity contribution >= 4 is 5.91 Å². The van der Waals surface area contributed by atoms with Crippen LogP contribution in [-0.2, 0) is 4.79 Å². The van der Waals surface area contributed by atoms with Gasteiger partial charge >= 0.3 is 0 Å². The predicted molar refractivity (Wildman–Crippen MR) is 60.3 cm³/mol. The lowest BCUT2D eigenvalue weighted by molar-refractivity contribution is -0.129. The molecule has 14 heavy (non-hydrogen) atoms. The second-order valence-corrected chi connectivity index (χ2v) is 4.65. The second-order valence-electron chi connectivity index (χ2n) is 4.65. The molecule has 0 heterocycles. The van der Waals surface area contributed by atoms with Gasteiger partial charge in [0.15, 0.2) is 0 Å². The lowest BCUT2D eigenvalue weighted by Crippen LogP contribution is -2.37. The van der Waals surface area contributed by atoms with Gasteiger partial charge in [0.2, 0.25) is 5.91 Å². The summed E-state index contributed by atoms with van der Waals surface area (Å²) in [5.41, 5.74) is -0.224. The van der Waals surface area contributed by atoms with Crippen molar-refractivity contribution in [3.05, 3.63) is 0 Å². The number of nitrogens with zero attached hydrogens (tertiary/aromatic N) is 1. The molecular weight excluding hydrogens is 176 g/mol. The van der Waals surface area contributed by atoms with Gasteiger partial charge in [-0.15, -0.1) is 0 Å². The number of nitrogens with one attached hydrogen (secondary N) is 1. The van der Waals surface area contributed by atoms with Gasteiger partial charge < -0.3 is 10.2 Å². The van der Waals surface area contributed by atoms with Gasteiger partial charge in [-0.1, -0.05) is 20.8 Å². The number of hydrogen-bond donors (Lipinski definition) is 1. The Kier molecular flexibility index (Phi) is 5.77. The third kappa shape index (κ3) is 5.22. The van der Waals surface area contributed by atoms with Crippen LogP contribution in [0.2, 0.25) is 0 Å². The van der Waals surface area contributed by atoms with Crippen LogP contribution in [0.15, 0.2) is 0 Å². The zero-order valence-electron chi connectivity index (χ0n) is 10.2. The highest BCUT2D eigenvalue weighted by atomic mass is 16.2. The minimum Gasteiger partial charge on any atom is -0.356 e. The number of rotatable bonds is 6. The smallest absolute Gasteiger partial charge is 0.225 e. The van der Waals surface area contributed by atoms with E-state index >= 15 is 0 Å². The lowest BCUT2D eigenvalue weighted by atomic mass is 9.89. The molecule has 0 aromatic carbocycles. The highest BCUT2D eigenvalue weighted by Crippen LogP contribution is 2.19. The van der Waals surface area contributed by atoms with Gasteiger partial charge in [0, 0.05) is 12.0 Å². The summed E-state index contributed by atoms with van der Waals surface area (Å²) in [4.78, 5) is 13.7. The molecule has 0 aliphatic heterocycles. The Balaban J connectivity index is 3.64. The molecule has 0 atom stereocenters. The molecule has 0 fully saturated rings. The van der Waals surface area contributed by atoms with Crippen LogP contribution in [0.3, 0.4) is 0 Å². The minimum atomic E-state index is -0.224. The van der Waals surface area contributed by atoms with E-state index in [1.54, 1.807) is 0 Å². The molecule has 0 bridgehead atoms. The minimum absolute atomic E-state index is 0.166. The van der Waals surface area contributed by atoms with E-state index in [0.29, 0.717) is 0 Å². The van der Waals surface area contributed by atoms with E-state index in [4.69, 9.17) is 0 Å². The molecule has 0 saturated carbocycles. The summed E-state index contributed by atoms with van der Waals surface area (Å²) in [6, 6.07) is 0. The fourth-order valence-electron chi connectivity index (χ4n) is 0.997. The molecule has 1 amide bonds. The summed E-state index contributed by atoms with van der Waals surface area (Å²) in [5, 5.41) is 2.96. The zero-order chi connectivity index (χ0) is 11.2. The molecule has 0 saturated heterocycles. The molecule has 3 nitrogen and oxygen atoms in total. The Labute approximate surface area is 87.9 Å². The largest absolute Gasteiger partial charge is 0.356 e. The number of hydrogen-bond acceptors (Lipinski definition) is 2. The van der Waals surface area contributed by atoms with Crippen molar-refractivity contribution in [2.45, 2.75) is 33.6 Å². The number of carbonyl (C=O) groups is 1. The van der Waals surface area contributed by atoms with Crippen LogP contribution in [0.1, 0.15) is 33.6 Å². The third-order valence-corrected chi connectivity index (χ3v) is 2.57. The molecule has 0 aliphatic rings. The van der Waals surface area contributed by atoms with Crippen LogP contribution in [0.4, 0.5) is 0 Å². The summed E-state index contributed by atoms with van der Waals surface area (Å²) < 4.78 is 0. The van der Waals surface area contributed by atoms with E-state index in [1.807, 2.05) is 34.9 Å². The maximum absolute atomic E-state index is 11.6. The third-order valence-electron chi connectivity index (χ3n) is 2.57. The maximum Gasteiger partial charge on any atom is 0.225 e. The van der Waals surface area contributed by atoms with Crippen molar-refractivity contribution in [2.75, 3.05) is 27.2 Å². The second kappa shape index (κ2) is 6.02. The van der Waals surface area contributed by atoms with Crippen molar-refractivity contribution in [3.63, 3.8) is 0 Å². The van der Waals surface area contributed by atoms with Crippen molar-refractivity contribution in [1.29, 1.82) is 0 Å². The Hall–Kier alpha value is -0.570. The average molecular weight is 200 g/mol. The molecule has 0 aromatic rings. The van der Waals surface area contributed by atoms with Crippen molar-refractivity contribution in [3.8, 4) is 0 Å². The number of carbonyl (C=O) groups excluding carboxylic acids is 1. The first-order valence-electron chi connectivity index (χ1n) is 5.33.